The molecule has 166 valence electrons. The van der Waals surface area contributed by atoms with E-state index in [1.165, 1.54) is 6.07 Å². The number of aliphatic imine (C=N–C) groups is 1. The third-order valence-electron chi connectivity index (χ3n) is 4.63. The van der Waals surface area contributed by atoms with Gasteiger partial charge in [-0.25, -0.2) is 9.38 Å². The number of piperidine rings is 1. The van der Waals surface area contributed by atoms with E-state index in [1.54, 1.807) is 13.2 Å². The molecule has 1 aliphatic heterocycles. The van der Waals surface area contributed by atoms with Gasteiger partial charge >= 0.3 is 0 Å². The Kier molecular flexibility index (Phi) is 13.2. The zero-order chi connectivity index (χ0) is 20.2. The molecule has 0 spiro atoms. The van der Waals surface area contributed by atoms with Crippen molar-refractivity contribution in [3.8, 4) is 5.75 Å². The highest BCUT2D eigenvalue weighted by Gasteiger charge is 2.21. The Morgan fingerprint density at radius 2 is 2.00 bits per heavy atom. The fourth-order valence-corrected chi connectivity index (χ4v) is 3.19. The van der Waals surface area contributed by atoms with Crippen molar-refractivity contribution in [3.05, 3.63) is 29.6 Å². The second-order valence-corrected chi connectivity index (χ2v) is 6.77. The average molecular weight is 523 g/mol. The molecule has 1 aliphatic rings. The molecule has 1 fully saturated rings. The minimum absolute atomic E-state index is 0. The van der Waals surface area contributed by atoms with Gasteiger partial charge < -0.3 is 24.4 Å². The van der Waals surface area contributed by atoms with Gasteiger partial charge in [-0.3, -0.25) is 0 Å². The summed E-state index contributed by atoms with van der Waals surface area (Å²) < 4.78 is 30.3. The molecule has 0 radical (unpaired) electrons. The summed E-state index contributed by atoms with van der Waals surface area (Å²) in [6.45, 7) is 8.86. The van der Waals surface area contributed by atoms with Crippen molar-refractivity contribution in [3.63, 3.8) is 0 Å². The van der Waals surface area contributed by atoms with Gasteiger partial charge in [0.15, 0.2) is 17.5 Å². The van der Waals surface area contributed by atoms with E-state index >= 15 is 0 Å². The highest BCUT2D eigenvalue weighted by Crippen LogP contribution is 2.19. The first kappa shape index (κ1) is 25.9. The molecule has 0 aliphatic carbocycles. The lowest BCUT2D eigenvalue weighted by atomic mass is 10.1. The van der Waals surface area contributed by atoms with Crippen LogP contribution in [0.15, 0.2) is 23.2 Å². The Labute approximate surface area is 191 Å². The summed E-state index contributed by atoms with van der Waals surface area (Å²) >= 11 is 0. The number of hydrogen-bond acceptors (Lipinski definition) is 4. The molecule has 1 heterocycles. The number of guanidine groups is 1. The number of ether oxygens (including phenoxy) is 3. The largest absolute Gasteiger partial charge is 0.491 e. The van der Waals surface area contributed by atoms with Crippen LogP contribution in [0.5, 0.6) is 5.75 Å². The minimum atomic E-state index is -0.342. The van der Waals surface area contributed by atoms with E-state index in [0.717, 1.165) is 63.6 Å². The molecule has 0 bridgehead atoms. The first-order valence-corrected chi connectivity index (χ1v) is 10.2. The second kappa shape index (κ2) is 14.8. The van der Waals surface area contributed by atoms with Gasteiger partial charge in [0.2, 0.25) is 0 Å². The minimum Gasteiger partial charge on any atom is -0.491 e. The SMILES string of the molecule is CCNC(=NCc1ccc(OCC)c(F)c1)N1CCC(OCCCOC)CC1.I. The fourth-order valence-electron chi connectivity index (χ4n) is 3.19. The normalized spacial score (nSPS) is 15.2. The number of likely N-dealkylation sites (tertiary alicyclic amines) is 1. The maximum atomic E-state index is 14.0. The number of hydrogen-bond donors (Lipinski definition) is 1. The van der Waals surface area contributed by atoms with Crippen molar-refractivity contribution in [2.75, 3.05) is 46.6 Å². The van der Waals surface area contributed by atoms with Gasteiger partial charge in [-0.15, -0.1) is 24.0 Å². The number of methoxy groups -OCH3 is 1. The molecule has 0 unspecified atom stereocenters. The predicted octanol–water partition coefficient (Wildman–Crippen LogP) is 3.83. The highest BCUT2D eigenvalue weighted by atomic mass is 127. The van der Waals surface area contributed by atoms with E-state index in [4.69, 9.17) is 19.2 Å². The Balaban J connectivity index is 0.00000420. The average Bonchev–Trinajstić information content (AvgIpc) is 2.71. The van der Waals surface area contributed by atoms with E-state index < -0.39 is 0 Å². The van der Waals surface area contributed by atoms with E-state index in [2.05, 4.69) is 17.1 Å². The van der Waals surface area contributed by atoms with Crippen molar-refractivity contribution >= 4 is 29.9 Å². The third-order valence-corrected chi connectivity index (χ3v) is 4.63. The van der Waals surface area contributed by atoms with Crippen LogP contribution < -0.4 is 10.1 Å². The van der Waals surface area contributed by atoms with Crippen molar-refractivity contribution in [1.82, 2.24) is 10.2 Å². The molecule has 1 aromatic rings. The number of nitrogens with one attached hydrogen (secondary N) is 1. The van der Waals surface area contributed by atoms with Gasteiger partial charge in [0, 0.05) is 40.0 Å². The van der Waals surface area contributed by atoms with Gasteiger partial charge in [0.1, 0.15) is 0 Å². The third kappa shape index (κ3) is 9.04. The number of rotatable bonds is 10. The summed E-state index contributed by atoms with van der Waals surface area (Å²) in [6.07, 6.45) is 3.19. The Bertz CT molecular complexity index is 611. The molecule has 2 rings (SSSR count). The molecule has 1 aromatic carbocycles. The molecule has 0 amide bonds. The monoisotopic (exact) mass is 523 g/mol. The van der Waals surface area contributed by atoms with Crippen molar-refractivity contribution < 1.29 is 18.6 Å². The maximum Gasteiger partial charge on any atom is 0.194 e. The molecular formula is C21H35FIN3O3. The summed E-state index contributed by atoms with van der Waals surface area (Å²) in [5, 5.41) is 3.34. The molecule has 0 atom stereocenters. The zero-order valence-corrected chi connectivity index (χ0v) is 20.1. The van der Waals surface area contributed by atoms with Crippen LogP contribution in [-0.4, -0.2) is 63.5 Å². The molecule has 6 nitrogen and oxygen atoms in total. The van der Waals surface area contributed by atoms with Gasteiger partial charge in [0.05, 0.1) is 19.3 Å². The lowest BCUT2D eigenvalue weighted by Crippen LogP contribution is -2.47. The van der Waals surface area contributed by atoms with Gasteiger partial charge in [-0.2, -0.15) is 0 Å². The zero-order valence-electron chi connectivity index (χ0n) is 17.8. The van der Waals surface area contributed by atoms with Crippen LogP contribution in [0, 0.1) is 5.82 Å². The molecule has 0 saturated carbocycles. The van der Waals surface area contributed by atoms with E-state index in [1.807, 2.05) is 13.0 Å². The molecule has 8 heteroatoms. The number of halogens is 2. The van der Waals surface area contributed by atoms with Gasteiger partial charge in [-0.1, -0.05) is 6.07 Å². The first-order valence-electron chi connectivity index (χ1n) is 10.2. The van der Waals surface area contributed by atoms with Crippen LogP contribution in [0.3, 0.4) is 0 Å². The van der Waals surface area contributed by atoms with Crippen LogP contribution >= 0.6 is 24.0 Å². The first-order chi connectivity index (χ1) is 13.7. The topological polar surface area (TPSA) is 55.3 Å². The molecule has 1 N–H and O–H groups in total. The Morgan fingerprint density at radius 3 is 2.62 bits per heavy atom. The highest BCUT2D eigenvalue weighted by molar-refractivity contribution is 14.0. The molecule has 0 aromatic heterocycles. The number of nitrogens with zero attached hydrogens (tertiary/aromatic N) is 2. The van der Waals surface area contributed by atoms with Crippen molar-refractivity contribution in [2.45, 2.75) is 45.8 Å². The number of benzene rings is 1. The standard InChI is InChI=1S/C21H34FN3O3.HI/c1-4-23-21(24-16-17-7-8-20(27-5-2)19(22)15-17)25-11-9-18(10-12-25)28-14-6-13-26-3;/h7-8,15,18H,4-6,9-14,16H2,1-3H3,(H,23,24);1H. The summed E-state index contributed by atoms with van der Waals surface area (Å²) in [6, 6.07) is 5.03. The molecule has 1 saturated heterocycles. The van der Waals surface area contributed by atoms with Crippen LogP contribution in [0.1, 0.15) is 38.7 Å². The molecular weight excluding hydrogens is 488 g/mol. The van der Waals surface area contributed by atoms with Crippen molar-refractivity contribution in [1.29, 1.82) is 0 Å². The predicted molar refractivity (Wildman–Crippen MR) is 125 cm³/mol. The summed E-state index contributed by atoms with van der Waals surface area (Å²) in [7, 11) is 1.71. The fraction of sp³-hybridized carbons (Fsp3) is 0.667. The van der Waals surface area contributed by atoms with Gasteiger partial charge in [0.25, 0.3) is 0 Å². The van der Waals surface area contributed by atoms with Crippen molar-refractivity contribution in [2.24, 2.45) is 4.99 Å². The maximum absolute atomic E-state index is 14.0. The van der Waals surface area contributed by atoms with Crippen LogP contribution in [0.25, 0.3) is 0 Å². The van der Waals surface area contributed by atoms with E-state index in [9.17, 15) is 4.39 Å². The van der Waals surface area contributed by atoms with E-state index in [0.29, 0.717) is 19.3 Å². The second-order valence-electron chi connectivity index (χ2n) is 6.77. The lowest BCUT2D eigenvalue weighted by molar-refractivity contribution is 0.00990. The quantitative estimate of drug-likeness (QED) is 0.219. The van der Waals surface area contributed by atoms with Crippen LogP contribution in [0.2, 0.25) is 0 Å². The lowest BCUT2D eigenvalue weighted by Gasteiger charge is -2.34. The van der Waals surface area contributed by atoms with Crippen LogP contribution in [-0.2, 0) is 16.0 Å². The van der Waals surface area contributed by atoms with Crippen LogP contribution in [0.4, 0.5) is 4.39 Å². The van der Waals surface area contributed by atoms with Gasteiger partial charge in [-0.05, 0) is 50.8 Å². The smallest absolute Gasteiger partial charge is 0.194 e. The molecule has 29 heavy (non-hydrogen) atoms. The summed E-state index contributed by atoms with van der Waals surface area (Å²) in [4.78, 5) is 6.96. The summed E-state index contributed by atoms with van der Waals surface area (Å²) in [5.41, 5.74) is 0.827. The Hall–Kier alpha value is -1.13. The summed E-state index contributed by atoms with van der Waals surface area (Å²) in [5.74, 6) is 0.815. The van der Waals surface area contributed by atoms with E-state index in [-0.39, 0.29) is 35.5 Å². The Morgan fingerprint density at radius 1 is 1.24 bits per heavy atom.